The summed E-state index contributed by atoms with van der Waals surface area (Å²) in [6, 6.07) is 12.0. The summed E-state index contributed by atoms with van der Waals surface area (Å²) in [6.07, 6.45) is 1.72. The van der Waals surface area contributed by atoms with Crippen LogP contribution in [-0.2, 0) is 23.5 Å². The van der Waals surface area contributed by atoms with E-state index in [4.69, 9.17) is 4.42 Å². The van der Waals surface area contributed by atoms with Crippen molar-refractivity contribution < 1.29 is 23.9 Å². The molecule has 0 saturated carbocycles. The van der Waals surface area contributed by atoms with Gasteiger partial charge in [-0.25, -0.2) is 0 Å². The minimum atomic E-state index is -1.75. The standard InChI is InChI=1S/C18H19BN2O6S/c1-12-6-7-13(8-16(12)21(24)25)11-28(26)20-18(19(22)23)9-14-10-27-17-5-3-2-4-15(14)17/h2-8,10,18,20,22-23H,9,11H2,1H3/t18-,28?/m0/s1. The molecule has 3 N–H and O–H groups in total. The van der Waals surface area contributed by atoms with Crippen LogP contribution in [0, 0.1) is 17.0 Å². The van der Waals surface area contributed by atoms with Crippen molar-refractivity contribution in [3.05, 3.63) is 75.5 Å². The van der Waals surface area contributed by atoms with Crippen LogP contribution in [0.15, 0.2) is 53.1 Å². The predicted octanol–water partition coefficient (Wildman–Crippen LogP) is 2.03. The number of aryl methyl sites for hydroxylation is 1. The van der Waals surface area contributed by atoms with Crippen LogP contribution >= 0.6 is 0 Å². The third kappa shape index (κ3) is 4.72. The molecule has 146 valence electrons. The molecule has 10 heteroatoms. The van der Waals surface area contributed by atoms with E-state index < -0.39 is 29.3 Å². The summed E-state index contributed by atoms with van der Waals surface area (Å²) in [5, 5.41) is 31.3. The number of nitro groups is 1. The maximum atomic E-state index is 12.5. The van der Waals surface area contributed by atoms with Gasteiger partial charge in [-0.3, -0.25) is 10.1 Å². The Bertz CT molecular complexity index is 980. The summed E-state index contributed by atoms with van der Waals surface area (Å²) in [6.45, 7) is 1.63. The van der Waals surface area contributed by atoms with Gasteiger partial charge in [-0.15, -0.1) is 4.72 Å². The molecule has 0 aliphatic carbocycles. The van der Waals surface area contributed by atoms with E-state index in [0.29, 0.717) is 16.7 Å². The van der Waals surface area contributed by atoms with Gasteiger partial charge in [0.05, 0.1) is 17.1 Å². The van der Waals surface area contributed by atoms with Gasteiger partial charge in [-0.05, 0) is 25.0 Å². The summed E-state index contributed by atoms with van der Waals surface area (Å²) in [5.41, 5.74) is 2.42. The number of hydrogen-bond donors (Lipinski definition) is 3. The van der Waals surface area contributed by atoms with Crippen LogP contribution in [0.3, 0.4) is 0 Å². The van der Waals surface area contributed by atoms with Crippen molar-refractivity contribution in [2.75, 3.05) is 0 Å². The molecule has 8 nitrogen and oxygen atoms in total. The highest BCUT2D eigenvalue weighted by atomic mass is 32.2. The lowest BCUT2D eigenvalue weighted by atomic mass is 9.77. The monoisotopic (exact) mass is 402 g/mol. The average Bonchev–Trinajstić information content (AvgIpc) is 3.05. The minimum Gasteiger partial charge on any atom is -0.598 e. The van der Waals surface area contributed by atoms with Gasteiger partial charge in [0.15, 0.2) is 5.75 Å². The van der Waals surface area contributed by atoms with Crippen LogP contribution in [0.25, 0.3) is 11.0 Å². The van der Waals surface area contributed by atoms with Crippen LogP contribution in [0.2, 0.25) is 0 Å². The molecule has 28 heavy (non-hydrogen) atoms. The Hall–Kier alpha value is -2.37. The third-order valence-corrected chi connectivity index (χ3v) is 5.57. The molecule has 1 unspecified atom stereocenters. The third-order valence-electron chi connectivity index (χ3n) is 4.41. The zero-order valence-corrected chi connectivity index (χ0v) is 15.9. The fourth-order valence-electron chi connectivity index (χ4n) is 2.94. The fraction of sp³-hybridized carbons (Fsp3) is 0.222. The summed E-state index contributed by atoms with van der Waals surface area (Å²) in [5.74, 6) is -0.904. The number of nitro benzene ring substituents is 1. The second kappa shape index (κ2) is 8.76. The number of nitrogens with zero attached hydrogens (tertiary/aromatic N) is 1. The van der Waals surface area contributed by atoms with Crippen molar-refractivity contribution in [2.24, 2.45) is 0 Å². The summed E-state index contributed by atoms with van der Waals surface area (Å²) in [7, 11) is -1.75. The van der Waals surface area contributed by atoms with E-state index >= 15 is 0 Å². The largest absolute Gasteiger partial charge is 0.598 e. The first-order chi connectivity index (χ1) is 13.3. The number of nitrogens with one attached hydrogen (secondary N) is 1. The number of furan rings is 1. The van der Waals surface area contributed by atoms with E-state index in [0.717, 1.165) is 10.9 Å². The highest BCUT2D eigenvalue weighted by Gasteiger charge is 2.30. The van der Waals surface area contributed by atoms with Crippen LogP contribution in [0.5, 0.6) is 0 Å². The second-order valence-corrected chi connectivity index (χ2v) is 7.68. The zero-order chi connectivity index (χ0) is 20.3. The van der Waals surface area contributed by atoms with Crippen molar-refractivity contribution in [3.8, 4) is 0 Å². The van der Waals surface area contributed by atoms with Gasteiger partial charge < -0.3 is 19.0 Å². The molecule has 0 fully saturated rings. The fourth-order valence-corrected chi connectivity index (χ4v) is 4.05. The molecule has 1 aromatic heterocycles. The zero-order valence-electron chi connectivity index (χ0n) is 15.1. The topological polar surface area (TPSA) is 132 Å². The minimum absolute atomic E-state index is 0.00350. The summed E-state index contributed by atoms with van der Waals surface area (Å²) < 4.78 is 20.6. The molecule has 3 rings (SSSR count). The van der Waals surface area contributed by atoms with E-state index in [1.807, 2.05) is 18.2 Å². The van der Waals surface area contributed by atoms with E-state index in [1.54, 1.807) is 25.1 Å². The second-order valence-electron chi connectivity index (χ2n) is 6.47. The summed E-state index contributed by atoms with van der Waals surface area (Å²) in [4.78, 5) is 10.6. The maximum absolute atomic E-state index is 12.5. The first-order valence-corrected chi connectivity index (χ1v) is 9.86. The highest BCUT2D eigenvalue weighted by Crippen LogP contribution is 2.23. The molecule has 0 radical (unpaired) electrons. The Labute approximate surface area is 164 Å². The Kier molecular flexibility index (Phi) is 6.37. The van der Waals surface area contributed by atoms with Crippen molar-refractivity contribution >= 4 is 35.1 Å². The molecular formula is C18H19BN2O6S. The van der Waals surface area contributed by atoms with Gasteiger partial charge in [0.2, 0.25) is 0 Å². The molecule has 0 saturated heterocycles. The van der Waals surface area contributed by atoms with Gasteiger partial charge in [0.25, 0.3) is 5.69 Å². The van der Waals surface area contributed by atoms with Crippen molar-refractivity contribution in [1.82, 2.24) is 4.72 Å². The van der Waals surface area contributed by atoms with Gasteiger partial charge in [-0.1, -0.05) is 30.3 Å². The number of para-hydroxylation sites is 1. The Morgan fingerprint density at radius 2 is 2.04 bits per heavy atom. The Morgan fingerprint density at radius 3 is 2.75 bits per heavy atom. The van der Waals surface area contributed by atoms with E-state index in [-0.39, 0.29) is 17.9 Å². The van der Waals surface area contributed by atoms with Gasteiger partial charge in [0.1, 0.15) is 5.58 Å². The van der Waals surface area contributed by atoms with Crippen LogP contribution in [0.4, 0.5) is 5.69 Å². The number of rotatable bonds is 8. The Balaban J connectivity index is 1.70. The van der Waals surface area contributed by atoms with E-state index in [9.17, 15) is 24.7 Å². The van der Waals surface area contributed by atoms with Crippen molar-refractivity contribution in [1.29, 1.82) is 0 Å². The number of fused-ring (bicyclic) bond motifs is 1. The molecule has 2 atom stereocenters. The normalized spacial score (nSPS) is 13.4. The number of hydrogen-bond acceptors (Lipinski definition) is 7. The lowest BCUT2D eigenvalue weighted by molar-refractivity contribution is -0.385. The van der Waals surface area contributed by atoms with Gasteiger partial charge in [0, 0.05) is 33.9 Å². The molecule has 0 bridgehead atoms. The molecule has 0 spiro atoms. The molecular weight excluding hydrogens is 383 g/mol. The molecule has 0 aliphatic heterocycles. The number of benzene rings is 2. The lowest BCUT2D eigenvalue weighted by Gasteiger charge is -2.19. The average molecular weight is 402 g/mol. The molecule has 0 aliphatic rings. The van der Waals surface area contributed by atoms with Gasteiger partial charge >= 0.3 is 7.12 Å². The smallest absolute Gasteiger partial charge is 0.474 e. The predicted molar refractivity (Wildman–Crippen MR) is 107 cm³/mol. The van der Waals surface area contributed by atoms with E-state index in [1.165, 1.54) is 12.3 Å². The summed E-state index contributed by atoms with van der Waals surface area (Å²) >= 11 is -1.67. The molecule has 3 aromatic rings. The van der Waals surface area contributed by atoms with Crippen molar-refractivity contribution in [2.45, 2.75) is 25.0 Å². The van der Waals surface area contributed by atoms with E-state index in [2.05, 4.69) is 4.72 Å². The SMILES string of the molecule is Cc1ccc(C[S+]([O-])N[C@@H](Cc2coc3ccccc23)B(O)O)cc1[N+](=O)[O-]. The first-order valence-electron chi connectivity index (χ1n) is 8.55. The Morgan fingerprint density at radius 1 is 1.29 bits per heavy atom. The first kappa shape index (κ1) is 20.4. The van der Waals surface area contributed by atoms with Crippen LogP contribution in [0.1, 0.15) is 16.7 Å². The quantitative estimate of drug-likeness (QED) is 0.227. The molecule has 0 amide bonds. The highest BCUT2D eigenvalue weighted by molar-refractivity contribution is 7.88. The van der Waals surface area contributed by atoms with Crippen LogP contribution < -0.4 is 4.72 Å². The van der Waals surface area contributed by atoms with Gasteiger partial charge in [-0.2, -0.15) is 0 Å². The van der Waals surface area contributed by atoms with Crippen LogP contribution in [-0.4, -0.2) is 32.6 Å². The van der Waals surface area contributed by atoms with Crippen molar-refractivity contribution in [3.63, 3.8) is 0 Å². The maximum Gasteiger partial charge on any atom is 0.474 e. The lowest BCUT2D eigenvalue weighted by Crippen LogP contribution is -2.48. The molecule has 1 heterocycles. The molecule has 2 aromatic carbocycles.